The Kier molecular flexibility index (Phi) is 8.58. The third-order valence-electron chi connectivity index (χ3n) is 3.96. The number of nitrogens with zero attached hydrogens (tertiary/aromatic N) is 2. The van der Waals surface area contributed by atoms with E-state index >= 15 is 0 Å². The summed E-state index contributed by atoms with van der Waals surface area (Å²) in [4.78, 5) is 22.7. The van der Waals surface area contributed by atoms with E-state index in [9.17, 15) is 20.2 Å². The van der Waals surface area contributed by atoms with Crippen molar-refractivity contribution in [3.8, 4) is 17.6 Å². The molecule has 0 bridgehead atoms. The Labute approximate surface area is 188 Å². The summed E-state index contributed by atoms with van der Waals surface area (Å²) < 4.78 is 12.1. The standard InChI is InChI=1S/C22H22BrN3O5/c1-4-30-20-10-16(9-17(12-24)22(27)25-14(2)3)19(23)11-21(20)31-13-15-6-5-7-18(8-15)26(28)29/h5-11,14H,4,13H2,1-3H3,(H,25,27)/b17-9-. The van der Waals surface area contributed by atoms with Crippen LogP contribution >= 0.6 is 15.9 Å². The molecule has 0 fully saturated rings. The fraction of sp³-hybridized carbons (Fsp3) is 0.273. The highest BCUT2D eigenvalue weighted by molar-refractivity contribution is 9.10. The number of rotatable bonds is 9. The number of nitro benzene ring substituents is 1. The predicted octanol–water partition coefficient (Wildman–Crippen LogP) is 4.77. The first kappa shape index (κ1) is 23.9. The number of nitro groups is 1. The molecule has 0 aliphatic heterocycles. The first-order chi connectivity index (χ1) is 14.7. The van der Waals surface area contributed by atoms with E-state index in [0.29, 0.717) is 33.7 Å². The lowest BCUT2D eigenvalue weighted by Crippen LogP contribution is -2.30. The maximum Gasteiger partial charge on any atom is 0.269 e. The summed E-state index contributed by atoms with van der Waals surface area (Å²) >= 11 is 3.44. The third kappa shape index (κ3) is 6.83. The minimum Gasteiger partial charge on any atom is -0.490 e. The van der Waals surface area contributed by atoms with Gasteiger partial charge in [-0.3, -0.25) is 14.9 Å². The van der Waals surface area contributed by atoms with Gasteiger partial charge in [0, 0.05) is 22.6 Å². The number of nitriles is 1. The Bertz CT molecular complexity index is 1040. The molecule has 0 heterocycles. The minimum absolute atomic E-state index is 0.0171. The second-order valence-corrected chi connectivity index (χ2v) is 7.62. The van der Waals surface area contributed by atoms with Gasteiger partial charge in [-0.25, -0.2) is 0 Å². The van der Waals surface area contributed by atoms with E-state index in [-0.39, 0.29) is 23.9 Å². The zero-order valence-electron chi connectivity index (χ0n) is 17.3. The van der Waals surface area contributed by atoms with Crippen LogP contribution < -0.4 is 14.8 Å². The van der Waals surface area contributed by atoms with Crippen LogP contribution in [0.5, 0.6) is 11.5 Å². The van der Waals surface area contributed by atoms with E-state index < -0.39 is 10.8 Å². The van der Waals surface area contributed by atoms with E-state index in [2.05, 4.69) is 21.2 Å². The van der Waals surface area contributed by atoms with Crippen LogP contribution in [-0.2, 0) is 11.4 Å². The van der Waals surface area contributed by atoms with Crippen LogP contribution in [0, 0.1) is 21.4 Å². The molecule has 2 aromatic carbocycles. The van der Waals surface area contributed by atoms with Crippen LogP contribution in [0.1, 0.15) is 31.9 Å². The molecule has 8 nitrogen and oxygen atoms in total. The average Bonchev–Trinajstić information content (AvgIpc) is 2.72. The lowest BCUT2D eigenvalue weighted by molar-refractivity contribution is -0.384. The van der Waals surface area contributed by atoms with Gasteiger partial charge in [-0.2, -0.15) is 5.26 Å². The molecule has 0 aliphatic rings. The van der Waals surface area contributed by atoms with Gasteiger partial charge < -0.3 is 14.8 Å². The van der Waals surface area contributed by atoms with Crippen molar-refractivity contribution in [2.45, 2.75) is 33.4 Å². The normalized spacial score (nSPS) is 11.0. The summed E-state index contributed by atoms with van der Waals surface area (Å²) in [5.41, 5.74) is 1.15. The van der Waals surface area contributed by atoms with Gasteiger partial charge in [0.25, 0.3) is 11.6 Å². The van der Waals surface area contributed by atoms with E-state index in [1.165, 1.54) is 18.2 Å². The molecule has 31 heavy (non-hydrogen) atoms. The summed E-state index contributed by atoms with van der Waals surface area (Å²) in [6.45, 7) is 5.91. The minimum atomic E-state index is -0.464. The topological polar surface area (TPSA) is 114 Å². The second-order valence-electron chi connectivity index (χ2n) is 6.77. The SMILES string of the molecule is CCOc1cc(/C=C(/C#N)C(=O)NC(C)C)c(Br)cc1OCc1cccc([N+](=O)[O-])c1. The smallest absolute Gasteiger partial charge is 0.269 e. The third-order valence-corrected chi connectivity index (χ3v) is 4.65. The van der Waals surface area contributed by atoms with Crippen LogP contribution in [0.2, 0.25) is 0 Å². The number of benzene rings is 2. The average molecular weight is 488 g/mol. The molecular formula is C22H22BrN3O5. The number of amides is 1. The van der Waals surface area contributed by atoms with Gasteiger partial charge in [0.15, 0.2) is 11.5 Å². The van der Waals surface area contributed by atoms with E-state index in [0.717, 1.165) is 0 Å². The molecule has 0 unspecified atom stereocenters. The van der Waals surface area contributed by atoms with Crippen molar-refractivity contribution in [3.05, 3.63) is 67.7 Å². The maximum atomic E-state index is 12.2. The zero-order chi connectivity index (χ0) is 23.0. The van der Waals surface area contributed by atoms with Crippen LogP contribution in [0.3, 0.4) is 0 Å². The Balaban J connectivity index is 2.32. The van der Waals surface area contributed by atoms with E-state index in [1.54, 1.807) is 24.3 Å². The number of carbonyl (C=O) groups is 1. The molecule has 2 rings (SSSR count). The predicted molar refractivity (Wildman–Crippen MR) is 120 cm³/mol. The second kappa shape index (κ2) is 11.1. The number of nitrogens with one attached hydrogen (secondary N) is 1. The van der Waals surface area contributed by atoms with Gasteiger partial charge in [0.1, 0.15) is 18.2 Å². The van der Waals surface area contributed by atoms with Crippen molar-refractivity contribution in [3.63, 3.8) is 0 Å². The van der Waals surface area contributed by atoms with Crippen LogP contribution in [-0.4, -0.2) is 23.5 Å². The lowest BCUT2D eigenvalue weighted by atomic mass is 10.1. The van der Waals surface area contributed by atoms with Gasteiger partial charge in [-0.05, 0) is 50.1 Å². The largest absolute Gasteiger partial charge is 0.490 e. The fourth-order valence-corrected chi connectivity index (χ4v) is 3.04. The highest BCUT2D eigenvalue weighted by Gasteiger charge is 2.15. The lowest BCUT2D eigenvalue weighted by Gasteiger charge is -2.14. The number of ether oxygens (including phenoxy) is 2. The summed E-state index contributed by atoms with van der Waals surface area (Å²) in [5.74, 6) is 0.375. The molecule has 0 spiro atoms. The van der Waals surface area contributed by atoms with Gasteiger partial charge in [0.05, 0.1) is 11.5 Å². The molecule has 0 aromatic heterocycles. The zero-order valence-corrected chi connectivity index (χ0v) is 18.9. The molecule has 1 amide bonds. The van der Waals surface area contributed by atoms with Gasteiger partial charge in [-0.1, -0.05) is 28.1 Å². The van der Waals surface area contributed by atoms with E-state index in [4.69, 9.17) is 9.47 Å². The summed E-state index contributed by atoms with van der Waals surface area (Å²) in [6.07, 6.45) is 1.47. The number of hydrogen-bond donors (Lipinski definition) is 1. The van der Waals surface area contributed by atoms with Gasteiger partial charge >= 0.3 is 0 Å². The van der Waals surface area contributed by atoms with Crippen molar-refractivity contribution in [2.24, 2.45) is 0 Å². The molecule has 162 valence electrons. The molecule has 0 saturated carbocycles. The first-order valence-corrected chi connectivity index (χ1v) is 10.3. The Morgan fingerprint density at radius 2 is 2.00 bits per heavy atom. The van der Waals surface area contributed by atoms with Gasteiger partial charge in [-0.15, -0.1) is 0 Å². The quantitative estimate of drug-likeness (QED) is 0.236. The number of hydrogen-bond acceptors (Lipinski definition) is 6. The molecule has 2 aromatic rings. The molecule has 0 radical (unpaired) electrons. The van der Waals surface area contributed by atoms with Crippen LogP contribution in [0.15, 0.2) is 46.4 Å². The summed E-state index contributed by atoms with van der Waals surface area (Å²) in [5, 5.41) is 23.0. The monoisotopic (exact) mass is 487 g/mol. The Morgan fingerprint density at radius 1 is 1.29 bits per heavy atom. The van der Waals surface area contributed by atoms with Crippen molar-refractivity contribution < 1.29 is 19.2 Å². The molecule has 9 heteroatoms. The number of carbonyl (C=O) groups excluding carboxylic acids is 1. The summed E-state index contributed by atoms with van der Waals surface area (Å²) in [7, 11) is 0. The highest BCUT2D eigenvalue weighted by atomic mass is 79.9. The number of halogens is 1. The van der Waals surface area contributed by atoms with Gasteiger partial charge in [0.2, 0.25) is 0 Å². The van der Waals surface area contributed by atoms with Crippen molar-refractivity contribution in [2.75, 3.05) is 6.61 Å². The van der Waals surface area contributed by atoms with Crippen LogP contribution in [0.25, 0.3) is 6.08 Å². The molecule has 1 N–H and O–H groups in total. The number of non-ortho nitro benzene ring substituents is 1. The van der Waals surface area contributed by atoms with Crippen molar-refractivity contribution >= 4 is 33.6 Å². The first-order valence-electron chi connectivity index (χ1n) is 9.50. The Hall–Kier alpha value is -3.38. The molecule has 0 atom stereocenters. The van der Waals surface area contributed by atoms with E-state index in [1.807, 2.05) is 26.8 Å². The van der Waals surface area contributed by atoms with Crippen LogP contribution in [0.4, 0.5) is 5.69 Å². The fourth-order valence-electron chi connectivity index (χ4n) is 2.61. The molecule has 0 aliphatic carbocycles. The maximum absolute atomic E-state index is 12.2. The Morgan fingerprint density at radius 3 is 2.61 bits per heavy atom. The molecule has 0 saturated heterocycles. The van der Waals surface area contributed by atoms with Crippen molar-refractivity contribution in [1.82, 2.24) is 5.32 Å². The molecular weight excluding hydrogens is 466 g/mol. The summed E-state index contributed by atoms with van der Waals surface area (Å²) in [6, 6.07) is 11.3. The van der Waals surface area contributed by atoms with Crippen molar-refractivity contribution in [1.29, 1.82) is 5.26 Å². The highest BCUT2D eigenvalue weighted by Crippen LogP contribution is 2.35.